The average molecular weight is 392 g/mol. The summed E-state index contributed by atoms with van der Waals surface area (Å²) in [6.45, 7) is 0.350. The Morgan fingerprint density at radius 2 is 1.85 bits per heavy atom. The van der Waals surface area contributed by atoms with Gasteiger partial charge in [-0.05, 0) is 12.1 Å². The molecular weight excluding hydrogens is 378 g/mol. The van der Waals surface area contributed by atoms with E-state index in [1.807, 2.05) is 30.3 Å². The van der Waals surface area contributed by atoms with Crippen molar-refractivity contribution in [1.29, 1.82) is 0 Å². The van der Waals surface area contributed by atoms with Gasteiger partial charge in [-0.15, -0.1) is 11.3 Å². The largest absolute Gasteiger partial charge is 0.246 e. The molecule has 0 radical (unpaired) electrons. The first-order valence-electron chi connectivity index (χ1n) is 7.94. The van der Waals surface area contributed by atoms with Crippen molar-refractivity contribution in [3.05, 3.63) is 70.7 Å². The van der Waals surface area contributed by atoms with Gasteiger partial charge in [0, 0.05) is 29.5 Å². The lowest BCUT2D eigenvalue weighted by Gasteiger charge is -2.25. The minimum atomic E-state index is -4.04. The SMILES string of the molecule is O=S(=O)(c1ccc(F)cc1F)N1CCc2nc(-c3ccccc3)sc2C1. The van der Waals surface area contributed by atoms with Crippen molar-refractivity contribution in [1.82, 2.24) is 9.29 Å². The maximum Gasteiger partial charge on any atom is 0.246 e. The van der Waals surface area contributed by atoms with Crippen molar-refractivity contribution in [2.24, 2.45) is 0 Å². The van der Waals surface area contributed by atoms with Crippen LogP contribution in [0.2, 0.25) is 0 Å². The molecule has 4 rings (SSSR count). The highest BCUT2D eigenvalue weighted by Crippen LogP contribution is 2.33. The third-order valence-corrected chi connectivity index (χ3v) is 7.24. The normalized spacial score (nSPS) is 15.0. The number of hydrogen-bond acceptors (Lipinski definition) is 4. The number of halogens is 2. The molecule has 0 unspecified atom stereocenters. The van der Waals surface area contributed by atoms with Crippen LogP contribution in [0.3, 0.4) is 0 Å². The van der Waals surface area contributed by atoms with Gasteiger partial charge in [0.2, 0.25) is 10.0 Å². The van der Waals surface area contributed by atoms with Crippen molar-refractivity contribution in [3.63, 3.8) is 0 Å². The molecular formula is C18H14F2N2O2S2. The van der Waals surface area contributed by atoms with E-state index in [0.717, 1.165) is 33.3 Å². The second-order valence-corrected chi connectivity index (χ2v) is 8.91. The van der Waals surface area contributed by atoms with E-state index in [9.17, 15) is 17.2 Å². The Labute approximate surface area is 153 Å². The van der Waals surface area contributed by atoms with Gasteiger partial charge in [0.1, 0.15) is 21.5 Å². The molecule has 0 atom stereocenters. The minimum Gasteiger partial charge on any atom is -0.241 e. The molecule has 0 spiro atoms. The monoisotopic (exact) mass is 392 g/mol. The summed E-state index contributed by atoms with van der Waals surface area (Å²) in [4.78, 5) is 4.96. The van der Waals surface area contributed by atoms with E-state index in [-0.39, 0.29) is 13.1 Å². The van der Waals surface area contributed by atoms with E-state index in [4.69, 9.17) is 0 Å². The van der Waals surface area contributed by atoms with Crippen LogP contribution in [0.4, 0.5) is 8.78 Å². The Bertz CT molecular complexity index is 1070. The molecule has 0 amide bonds. The van der Waals surface area contributed by atoms with Crippen LogP contribution in [0.25, 0.3) is 10.6 Å². The van der Waals surface area contributed by atoms with E-state index >= 15 is 0 Å². The summed E-state index contributed by atoms with van der Waals surface area (Å²) in [5.74, 6) is -1.89. The van der Waals surface area contributed by atoms with Gasteiger partial charge in [0.15, 0.2) is 0 Å². The molecule has 26 heavy (non-hydrogen) atoms. The molecule has 1 aliphatic heterocycles. The fraction of sp³-hybridized carbons (Fsp3) is 0.167. The van der Waals surface area contributed by atoms with E-state index in [2.05, 4.69) is 4.98 Å². The van der Waals surface area contributed by atoms with Gasteiger partial charge >= 0.3 is 0 Å². The van der Waals surface area contributed by atoms with E-state index in [1.54, 1.807) is 0 Å². The van der Waals surface area contributed by atoms with Gasteiger partial charge in [-0.3, -0.25) is 0 Å². The van der Waals surface area contributed by atoms with Crippen LogP contribution >= 0.6 is 11.3 Å². The van der Waals surface area contributed by atoms with Crippen molar-refractivity contribution >= 4 is 21.4 Å². The first-order valence-corrected chi connectivity index (χ1v) is 10.2. The first kappa shape index (κ1) is 17.3. The van der Waals surface area contributed by atoms with Gasteiger partial charge < -0.3 is 0 Å². The molecule has 0 bridgehead atoms. The smallest absolute Gasteiger partial charge is 0.241 e. The van der Waals surface area contributed by atoms with Crippen LogP contribution in [-0.4, -0.2) is 24.3 Å². The highest BCUT2D eigenvalue weighted by atomic mass is 32.2. The summed E-state index contributed by atoms with van der Waals surface area (Å²) in [6, 6.07) is 12.2. The summed E-state index contributed by atoms with van der Waals surface area (Å²) >= 11 is 1.44. The molecule has 0 aliphatic carbocycles. The zero-order chi connectivity index (χ0) is 18.3. The van der Waals surface area contributed by atoms with Gasteiger partial charge in [0.25, 0.3) is 0 Å². The Morgan fingerprint density at radius 3 is 2.58 bits per heavy atom. The van der Waals surface area contributed by atoms with Crippen LogP contribution in [0.5, 0.6) is 0 Å². The number of benzene rings is 2. The zero-order valence-corrected chi connectivity index (χ0v) is 15.2. The summed E-state index contributed by atoms with van der Waals surface area (Å²) in [5, 5.41) is 0.836. The molecule has 0 saturated carbocycles. The zero-order valence-electron chi connectivity index (χ0n) is 13.5. The van der Waals surface area contributed by atoms with E-state index < -0.39 is 26.6 Å². The van der Waals surface area contributed by atoms with Crippen molar-refractivity contribution in [3.8, 4) is 10.6 Å². The molecule has 134 valence electrons. The Kier molecular flexibility index (Phi) is 4.34. The lowest BCUT2D eigenvalue weighted by atomic mass is 10.2. The maximum atomic E-state index is 14.0. The van der Waals surface area contributed by atoms with Crippen molar-refractivity contribution < 1.29 is 17.2 Å². The highest BCUT2D eigenvalue weighted by molar-refractivity contribution is 7.89. The predicted molar refractivity (Wildman–Crippen MR) is 95.2 cm³/mol. The Balaban J connectivity index is 1.65. The summed E-state index contributed by atoms with van der Waals surface area (Å²) in [5.41, 5.74) is 1.85. The number of hydrogen-bond donors (Lipinski definition) is 0. The second-order valence-electron chi connectivity index (χ2n) is 5.92. The van der Waals surface area contributed by atoms with Crippen molar-refractivity contribution in [2.45, 2.75) is 17.9 Å². The lowest BCUT2D eigenvalue weighted by molar-refractivity contribution is 0.389. The topological polar surface area (TPSA) is 50.3 Å². The summed E-state index contributed by atoms with van der Waals surface area (Å²) in [7, 11) is -4.04. The Morgan fingerprint density at radius 1 is 1.08 bits per heavy atom. The van der Waals surface area contributed by atoms with Gasteiger partial charge in [-0.2, -0.15) is 4.31 Å². The molecule has 2 heterocycles. The number of nitrogens with zero attached hydrogens (tertiary/aromatic N) is 2. The molecule has 0 fully saturated rings. The van der Waals surface area contributed by atoms with Crippen molar-refractivity contribution in [2.75, 3.05) is 6.54 Å². The summed E-state index contributed by atoms with van der Waals surface area (Å²) < 4.78 is 53.8. The molecule has 4 nitrogen and oxygen atoms in total. The first-order chi connectivity index (χ1) is 12.4. The minimum absolute atomic E-state index is 0.138. The molecule has 1 aromatic heterocycles. The molecule has 2 aromatic carbocycles. The van der Waals surface area contributed by atoms with E-state index in [0.29, 0.717) is 12.5 Å². The highest BCUT2D eigenvalue weighted by Gasteiger charge is 2.32. The van der Waals surface area contributed by atoms with Gasteiger partial charge in [0.05, 0.1) is 12.2 Å². The number of rotatable bonds is 3. The van der Waals surface area contributed by atoms with Crippen LogP contribution in [0.15, 0.2) is 53.4 Å². The number of sulfonamides is 1. The fourth-order valence-corrected chi connectivity index (χ4v) is 5.57. The number of aromatic nitrogens is 1. The quantitative estimate of drug-likeness (QED) is 0.681. The molecule has 8 heteroatoms. The fourth-order valence-electron chi connectivity index (χ4n) is 2.90. The Hall–Kier alpha value is -2.16. The van der Waals surface area contributed by atoms with E-state index in [1.165, 1.54) is 15.6 Å². The van der Waals surface area contributed by atoms with Crippen LogP contribution in [0.1, 0.15) is 10.6 Å². The van der Waals surface area contributed by atoms with Gasteiger partial charge in [-0.25, -0.2) is 22.2 Å². The molecule has 3 aromatic rings. The molecule has 0 saturated heterocycles. The van der Waals surface area contributed by atoms with Crippen LogP contribution < -0.4 is 0 Å². The summed E-state index contributed by atoms with van der Waals surface area (Å²) in [6.07, 6.45) is 0.459. The third kappa shape index (κ3) is 3.04. The van der Waals surface area contributed by atoms with Crippen LogP contribution in [0, 0.1) is 11.6 Å². The number of thiazole rings is 1. The molecule has 0 N–H and O–H groups in total. The maximum absolute atomic E-state index is 14.0. The van der Waals surface area contributed by atoms with Gasteiger partial charge in [-0.1, -0.05) is 30.3 Å². The van der Waals surface area contributed by atoms with Crippen LogP contribution in [-0.2, 0) is 23.0 Å². The lowest BCUT2D eigenvalue weighted by Crippen LogP contribution is -2.36. The third-order valence-electron chi connectivity index (χ3n) is 4.23. The standard InChI is InChI=1S/C18H14F2N2O2S2/c19-13-6-7-17(14(20)10-13)26(23,24)22-9-8-15-16(11-22)25-18(21-15)12-4-2-1-3-5-12/h1-7,10H,8-9,11H2. The second kappa shape index (κ2) is 6.53. The average Bonchev–Trinajstić information content (AvgIpc) is 3.05. The molecule has 1 aliphatic rings. The predicted octanol–water partition coefficient (Wildman–Crippen LogP) is 3.84. The number of fused-ring (bicyclic) bond motifs is 1.